The lowest BCUT2D eigenvalue weighted by Crippen LogP contribution is -1.95. The molecule has 0 amide bonds. The van der Waals surface area contributed by atoms with Crippen LogP contribution >= 0.6 is 11.3 Å². The van der Waals surface area contributed by atoms with Gasteiger partial charge in [-0.05, 0) is 37.0 Å². The third kappa shape index (κ3) is 2.48. The number of aryl methyl sites for hydroxylation is 2. The van der Waals surface area contributed by atoms with Crippen molar-refractivity contribution in [3.63, 3.8) is 0 Å². The zero-order valence-corrected chi connectivity index (χ0v) is 14.4. The number of hydrogen-bond donors (Lipinski definition) is 0. The summed E-state index contributed by atoms with van der Waals surface area (Å²) in [5.74, 6) is 1.28. The highest BCUT2D eigenvalue weighted by molar-refractivity contribution is 7.13. The lowest BCUT2D eigenvalue weighted by Gasteiger charge is -2.11. The zero-order chi connectivity index (χ0) is 15.9. The molecule has 22 heavy (non-hydrogen) atoms. The fraction of sp³-hybridized carbons (Fsp3) is 0.333. The second kappa shape index (κ2) is 5.69. The third-order valence-corrected chi connectivity index (χ3v) is 4.90. The molecule has 3 aromatic rings. The standard InChI is InChI=1S/C18H20N2OS/c1-10(2)15-9-22-18(20-15)14-8-16(21-5)13-7-6-11(3)12(4)17(13)19-14/h6-10H,1-5H3. The Kier molecular flexibility index (Phi) is 3.87. The lowest BCUT2D eigenvalue weighted by molar-refractivity contribution is 0.419. The van der Waals surface area contributed by atoms with Crippen molar-refractivity contribution in [3.8, 4) is 16.5 Å². The summed E-state index contributed by atoms with van der Waals surface area (Å²) in [5, 5.41) is 4.11. The molecule has 0 fully saturated rings. The second-order valence-corrected chi connectivity index (χ2v) is 6.70. The smallest absolute Gasteiger partial charge is 0.142 e. The summed E-state index contributed by atoms with van der Waals surface area (Å²) < 4.78 is 5.58. The first kappa shape index (κ1) is 15.0. The minimum absolute atomic E-state index is 0.427. The molecule has 1 aromatic carbocycles. The van der Waals surface area contributed by atoms with Crippen LogP contribution in [0.5, 0.6) is 5.75 Å². The average molecular weight is 312 g/mol. The van der Waals surface area contributed by atoms with Crippen LogP contribution in [0.1, 0.15) is 36.6 Å². The van der Waals surface area contributed by atoms with Gasteiger partial charge in [-0.2, -0.15) is 0 Å². The van der Waals surface area contributed by atoms with Crippen molar-refractivity contribution in [3.05, 3.63) is 40.4 Å². The Morgan fingerprint density at radius 1 is 1.14 bits per heavy atom. The maximum atomic E-state index is 5.58. The first-order chi connectivity index (χ1) is 10.5. The molecule has 0 bridgehead atoms. The molecule has 0 spiro atoms. The number of rotatable bonds is 3. The molecule has 0 N–H and O–H groups in total. The van der Waals surface area contributed by atoms with E-state index < -0.39 is 0 Å². The highest BCUT2D eigenvalue weighted by Crippen LogP contribution is 2.34. The van der Waals surface area contributed by atoms with Crippen molar-refractivity contribution >= 4 is 22.2 Å². The lowest BCUT2D eigenvalue weighted by atomic mass is 10.0. The van der Waals surface area contributed by atoms with Crippen LogP contribution in [0.25, 0.3) is 21.6 Å². The molecular weight excluding hydrogens is 292 g/mol. The number of benzene rings is 1. The van der Waals surface area contributed by atoms with Gasteiger partial charge in [0.1, 0.15) is 16.5 Å². The van der Waals surface area contributed by atoms with Gasteiger partial charge in [-0.1, -0.05) is 19.9 Å². The summed E-state index contributed by atoms with van der Waals surface area (Å²) in [6.45, 7) is 8.52. The SMILES string of the molecule is COc1cc(-c2nc(C(C)C)cs2)nc2c(C)c(C)ccc12. The molecule has 0 saturated carbocycles. The van der Waals surface area contributed by atoms with Gasteiger partial charge >= 0.3 is 0 Å². The highest BCUT2D eigenvalue weighted by Gasteiger charge is 2.14. The number of aromatic nitrogens is 2. The Balaban J connectivity index is 2.23. The van der Waals surface area contributed by atoms with Gasteiger partial charge in [0.05, 0.1) is 18.3 Å². The van der Waals surface area contributed by atoms with Gasteiger partial charge in [-0.25, -0.2) is 9.97 Å². The normalized spacial score (nSPS) is 11.4. The minimum Gasteiger partial charge on any atom is -0.496 e. The van der Waals surface area contributed by atoms with Crippen LogP contribution in [-0.4, -0.2) is 17.1 Å². The van der Waals surface area contributed by atoms with E-state index in [1.165, 1.54) is 11.1 Å². The van der Waals surface area contributed by atoms with E-state index in [0.29, 0.717) is 5.92 Å². The Labute approximate surface area is 135 Å². The number of hydrogen-bond acceptors (Lipinski definition) is 4. The van der Waals surface area contributed by atoms with Crippen LogP contribution < -0.4 is 4.74 Å². The van der Waals surface area contributed by atoms with Crippen molar-refractivity contribution < 1.29 is 4.74 Å². The van der Waals surface area contributed by atoms with Crippen molar-refractivity contribution in [1.82, 2.24) is 9.97 Å². The molecule has 0 aliphatic heterocycles. The van der Waals surface area contributed by atoms with E-state index in [1.54, 1.807) is 18.4 Å². The fourth-order valence-electron chi connectivity index (χ4n) is 2.45. The number of thiazole rings is 1. The number of ether oxygens (including phenoxy) is 1. The Morgan fingerprint density at radius 2 is 1.91 bits per heavy atom. The molecular formula is C18H20N2OS. The number of methoxy groups -OCH3 is 1. The summed E-state index contributed by atoms with van der Waals surface area (Å²) in [5.41, 5.74) is 5.42. The van der Waals surface area contributed by atoms with Crippen molar-refractivity contribution in [1.29, 1.82) is 0 Å². The third-order valence-electron chi connectivity index (χ3n) is 4.02. The van der Waals surface area contributed by atoms with Crippen molar-refractivity contribution in [2.75, 3.05) is 7.11 Å². The molecule has 3 rings (SSSR count). The van der Waals surface area contributed by atoms with Crippen LogP contribution in [0.4, 0.5) is 0 Å². The van der Waals surface area contributed by atoms with Gasteiger partial charge in [-0.3, -0.25) is 0 Å². The molecule has 4 heteroatoms. The maximum Gasteiger partial charge on any atom is 0.142 e. The van der Waals surface area contributed by atoms with Crippen LogP contribution in [0, 0.1) is 13.8 Å². The number of fused-ring (bicyclic) bond motifs is 1. The zero-order valence-electron chi connectivity index (χ0n) is 13.6. The van der Waals surface area contributed by atoms with Crippen LogP contribution in [-0.2, 0) is 0 Å². The van der Waals surface area contributed by atoms with Crippen molar-refractivity contribution in [2.45, 2.75) is 33.6 Å². The van der Waals surface area contributed by atoms with E-state index in [0.717, 1.165) is 33.0 Å². The molecule has 0 unspecified atom stereocenters. The number of nitrogens with zero attached hydrogens (tertiary/aromatic N) is 2. The summed E-state index contributed by atoms with van der Waals surface area (Å²) in [6.07, 6.45) is 0. The van der Waals surface area contributed by atoms with Gasteiger partial charge in [0.2, 0.25) is 0 Å². The van der Waals surface area contributed by atoms with E-state index in [-0.39, 0.29) is 0 Å². The monoisotopic (exact) mass is 312 g/mol. The molecule has 3 nitrogen and oxygen atoms in total. The molecule has 0 atom stereocenters. The van der Waals surface area contributed by atoms with Crippen LogP contribution in [0.15, 0.2) is 23.6 Å². The molecule has 0 radical (unpaired) electrons. The molecule has 0 aliphatic rings. The Hall–Kier alpha value is -1.94. The summed E-state index contributed by atoms with van der Waals surface area (Å²) >= 11 is 1.64. The van der Waals surface area contributed by atoms with Crippen LogP contribution in [0.3, 0.4) is 0 Å². The predicted molar refractivity (Wildman–Crippen MR) is 93.0 cm³/mol. The van der Waals surface area contributed by atoms with Gasteiger partial charge in [0.15, 0.2) is 0 Å². The van der Waals surface area contributed by atoms with Gasteiger partial charge in [0.25, 0.3) is 0 Å². The Morgan fingerprint density at radius 3 is 2.55 bits per heavy atom. The summed E-state index contributed by atoms with van der Waals surface area (Å²) in [6, 6.07) is 6.18. The fourth-order valence-corrected chi connectivity index (χ4v) is 3.39. The molecule has 2 aromatic heterocycles. The largest absolute Gasteiger partial charge is 0.496 e. The van der Waals surface area contributed by atoms with Gasteiger partial charge in [0, 0.05) is 16.8 Å². The van der Waals surface area contributed by atoms with Gasteiger partial charge in [-0.15, -0.1) is 11.3 Å². The van der Waals surface area contributed by atoms with E-state index in [2.05, 4.69) is 45.2 Å². The maximum absolute atomic E-state index is 5.58. The van der Waals surface area contributed by atoms with E-state index in [1.807, 2.05) is 6.07 Å². The molecule has 0 saturated heterocycles. The van der Waals surface area contributed by atoms with E-state index in [9.17, 15) is 0 Å². The van der Waals surface area contributed by atoms with E-state index in [4.69, 9.17) is 14.7 Å². The second-order valence-electron chi connectivity index (χ2n) is 5.85. The van der Waals surface area contributed by atoms with Crippen molar-refractivity contribution in [2.24, 2.45) is 0 Å². The quantitative estimate of drug-likeness (QED) is 0.674. The summed E-state index contributed by atoms with van der Waals surface area (Å²) in [7, 11) is 1.70. The molecule has 114 valence electrons. The number of pyridine rings is 1. The average Bonchev–Trinajstić information content (AvgIpc) is 3.00. The molecule has 2 heterocycles. The molecule has 0 aliphatic carbocycles. The van der Waals surface area contributed by atoms with Crippen LogP contribution in [0.2, 0.25) is 0 Å². The van der Waals surface area contributed by atoms with E-state index >= 15 is 0 Å². The summed E-state index contributed by atoms with van der Waals surface area (Å²) in [4.78, 5) is 9.57. The first-order valence-electron chi connectivity index (χ1n) is 7.42. The topological polar surface area (TPSA) is 35.0 Å². The van der Waals surface area contributed by atoms with Gasteiger partial charge < -0.3 is 4.74 Å². The predicted octanol–water partition coefficient (Wildman–Crippen LogP) is 5.11. The Bertz CT molecular complexity index is 836. The first-order valence-corrected chi connectivity index (χ1v) is 8.30. The highest BCUT2D eigenvalue weighted by atomic mass is 32.1. The minimum atomic E-state index is 0.427.